The van der Waals surface area contributed by atoms with Crippen molar-refractivity contribution >= 4 is 11.7 Å². The van der Waals surface area contributed by atoms with Gasteiger partial charge in [-0.2, -0.15) is 0 Å². The van der Waals surface area contributed by atoms with Gasteiger partial charge in [0.05, 0.1) is 19.8 Å². The van der Waals surface area contributed by atoms with Crippen molar-refractivity contribution in [3.05, 3.63) is 59.2 Å². The molecule has 1 N–H and O–H groups in total. The van der Waals surface area contributed by atoms with E-state index in [0.717, 1.165) is 5.56 Å². The first-order valence-corrected chi connectivity index (χ1v) is 8.52. The second-order valence-electron chi connectivity index (χ2n) is 6.66. The lowest BCUT2D eigenvalue weighted by atomic mass is 10.1. The summed E-state index contributed by atoms with van der Waals surface area (Å²) in [6.45, 7) is 5.60. The van der Waals surface area contributed by atoms with Crippen molar-refractivity contribution in [3.8, 4) is 11.5 Å². The molecule has 0 saturated carbocycles. The van der Waals surface area contributed by atoms with Crippen LogP contribution >= 0.6 is 0 Å². The Labute approximate surface area is 158 Å². The molecule has 3 rings (SSSR count). The number of hydrazine groups is 1. The highest BCUT2D eigenvalue weighted by Crippen LogP contribution is 2.31. The van der Waals surface area contributed by atoms with E-state index in [4.69, 9.17) is 14.3 Å². The minimum atomic E-state index is -0.860. The van der Waals surface area contributed by atoms with Gasteiger partial charge in [-0.3, -0.25) is 10.2 Å². The zero-order chi connectivity index (χ0) is 19.6. The van der Waals surface area contributed by atoms with Crippen molar-refractivity contribution in [3.63, 3.8) is 0 Å². The number of carbonyl (C=O) groups is 1. The van der Waals surface area contributed by atoms with Gasteiger partial charge in [-0.05, 0) is 45.0 Å². The summed E-state index contributed by atoms with van der Waals surface area (Å²) in [6.07, 6.45) is 0. The van der Waals surface area contributed by atoms with Gasteiger partial charge >= 0.3 is 0 Å². The van der Waals surface area contributed by atoms with Crippen LogP contribution in [0, 0.1) is 6.92 Å². The third-order valence-electron chi connectivity index (χ3n) is 4.28. The molecule has 0 spiro atoms. The molecule has 0 radical (unpaired) electrons. The van der Waals surface area contributed by atoms with E-state index in [1.165, 1.54) is 0 Å². The molecule has 27 heavy (non-hydrogen) atoms. The molecule has 2 aromatic rings. The fourth-order valence-corrected chi connectivity index (χ4v) is 2.70. The average molecular weight is 369 g/mol. The van der Waals surface area contributed by atoms with Crippen molar-refractivity contribution in [2.24, 2.45) is 5.16 Å². The van der Waals surface area contributed by atoms with Crippen molar-refractivity contribution < 1.29 is 19.1 Å². The number of hydrogen-bond acceptors (Lipinski definition) is 6. The van der Waals surface area contributed by atoms with Crippen molar-refractivity contribution in [1.29, 1.82) is 0 Å². The zero-order valence-electron chi connectivity index (χ0n) is 16.1. The summed E-state index contributed by atoms with van der Waals surface area (Å²) in [5, 5.41) is 5.77. The van der Waals surface area contributed by atoms with Gasteiger partial charge in [-0.25, -0.2) is 5.01 Å². The Kier molecular flexibility index (Phi) is 4.94. The molecule has 0 aliphatic carbocycles. The van der Waals surface area contributed by atoms with Crippen LogP contribution in [0.5, 0.6) is 11.5 Å². The number of hydrogen-bond donors (Lipinski definition) is 1. The number of oxime groups is 1. The number of nitrogens with one attached hydrogen (secondary N) is 1. The Bertz CT molecular complexity index is 875. The second-order valence-corrected chi connectivity index (χ2v) is 6.66. The van der Waals surface area contributed by atoms with E-state index < -0.39 is 5.72 Å². The normalized spacial score (nSPS) is 15.0. The molecule has 0 saturated heterocycles. The van der Waals surface area contributed by atoms with Crippen LogP contribution in [0.25, 0.3) is 0 Å². The molecule has 0 aromatic heterocycles. The number of rotatable bonds is 5. The lowest BCUT2D eigenvalue weighted by Gasteiger charge is -2.31. The quantitative estimate of drug-likeness (QED) is 0.877. The van der Waals surface area contributed by atoms with E-state index in [0.29, 0.717) is 28.5 Å². The number of benzene rings is 2. The summed E-state index contributed by atoms with van der Waals surface area (Å²) >= 11 is 0. The van der Waals surface area contributed by atoms with Crippen LogP contribution in [-0.4, -0.2) is 36.7 Å². The van der Waals surface area contributed by atoms with E-state index >= 15 is 0 Å². The van der Waals surface area contributed by atoms with E-state index in [-0.39, 0.29) is 5.91 Å². The maximum Gasteiger partial charge on any atom is 0.269 e. The minimum absolute atomic E-state index is 0.256. The molecule has 0 bridgehead atoms. The summed E-state index contributed by atoms with van der Waals surface area (Å²) in [4.78, 5) is 18.3. The van der Waals surface area contributed by atoms with Gasteiger partial charge < -0.3 is 14.3 Å². The molecule has 7 heteroatoms. The molecule has 7 nitrogen and oxygen atoms in total. The molecule has 0 atom stereocenters. The lowest BCUT2D eigenvalue weighted by Crippen LogP contribution is -2.54. The molecular formula is C20H23N3O4. The number of amidine groups is 1. The molecule has 2 aromatic carbocycles. The first-order valence-electron chi connectivity index (χ1n) is 8.52. The van der Waals surface area contributed by atoms with Gasteiger partial charge in [-0.15, -0.1) is 0 Å². The Balaban J connectivity index is 1.92. The number of ether oxygens (including phenoxy) is 2. The summed E-state index contributed by atoms with van der Waals surface area (Å²) in [7, 11) is 3.15. The number of carbonyl (C=O) groups excluding carboxylic acids is 1. The monoisotopic (exact) mass is 369 g/mol. The van der Waals surface area contributed by atoms with Crippen LogP contribution in [0.2, 0.25) is 0 Å². The molecule has 1 aliphatic rings. The number of amides is 1. The van der Waals surface area contributed by atoms with Crippen LogP contribution in [0.15, 0.2) is 47.6 Å². The van der Waals surface area contributed by atoms with Crippen LogP contribution in [-0.2, 0) is 4.84 Å². The topological polar surface area (TPSA) is 72.4 Å². The van der Waals surface area contributed by atoms with Gasteiger partial charge in [-0.1, -0.05) is 22.9 Å². The zero-order valence-corrected chi connectivity index (χ0v) is 16.1. The lowest BCUT2D eigenvalue weighted by molar-refractivity contribution is -0.0824. The highest BCUT2D eigenvalue weighted by Gasteiger charge is 2.40. The SMILES string of the molecule is COc1ccc(C2=NOC(C)(C)N2NC(=O)c2ccc(C)cc2)c(OC)c1. The van der Waals surface area contributed by atoms with Crippen LogP contribution in [0.1, 0.15) is 35.3 Å². The summed E-state index contributed by atoms with van der Waals surface area (Å²) < 4.78 is 10.7. The van der Waals surface area contributed by atoms with E-state index in [1.54, 1.807) is 43.5 Å². The van der Waals surface area contributed by atoms with Crippen molar-refractivity contribution in [1.82, 2.24) is 10.4 Å². The molecule has 1 aliphatic heterocycles. The van der Waals surface area contributed by atoms with Crippen LogP contribution < -0.4 is 14.9 Å². The Morgan fingerprint density at radius 3 is 2.44 bits per heavy atom. The predicted octanol–water partition coefficient (Wildman–Crippen LogP) is 3.09. The maximum absolute atomic E-state index is 12.7. The molecule has 0 fully saturated rings. The van der Waals surface area contributed by atoms with Crippen molar-refractivity contribution in [2.75, 3.05) is 14.2 Å². The minimum Gasteiger partial charge on any atom is -0.497 e. The van der Waals surface area contributed by atoms with Crippen LogP contribution in [0.3, 0.4) is 0 Å². The van der Waals surface area contributed by atoms with Gasteiger partial charge in [0.25, 0.3) is 5.91 Å². The first kappa shape index (κ1) is 18.6. The summed E-state index contributed by atoms with van der Waals surface area (Å²) in [6, 6.07) is 12.7. The Hall–Kier alpha value is -3.22. The Morgan fingerprint density at radius 2 is 1.81 bits per heavy atom. The van der Waals surface area contributed by atoms with Gasteiger partial charge in [0.15, 0.2) is 0 Å². The fraction of sp³-hybridized carbons (Fsp3) is 0.300. The van der Waals surface area contributed by atoms with Gasteiger partial charge in [0.1, 0.15) is 11.5 Å². The fourth-order valence-electron chi connectivity index (χ4n) is 2.70. The first-order chi connectivity index (χ1) is 12.9. The van der Waals surface area contributed by atoms with Crippen molar-refractivity contribution in [2.45, 2.75) is 26.5 Å². The molecule has 1 heterocycles. The summed E-state index contributed by atoms with van der Waals surface area (Å²) in [5.41, 5.74) is 4.33. The van der Waals surface area contributed by atoms with Gasteiger partial charge in [0, 0.05) is 11.6 Å². The molecule has 1 amide bonds. The average Bonchev–Trinajstić information content (AvgIpc) is 2.96. The summed E-state index contributed by atoms with van der Waals surface area (Å²) in [5.74, 6) is 1.40. The standard InChI is InChI=1S/C20H23N3O4/c1-13-6-8-14(9-7-13)19(24)21-23-18(22-27-20(23,2)3)16-11-10-15(25-4)12-17(16)26-5/h6-12H,1-5H3,(H,21,24). The number of nitrogens with zero attached hydrogens (tertiary/aromatic N) is 2. The third kappa shape index (κ3) is 3.67. The third-order valence-corrected chi connectivity index (χ3v) is 4.28. The highest BCUT2D eigenvalue weighted by molar-refractivity contribution is 6.04. The van der Waals surface area contributed by atoms with Crippen LogP contribution in [0.4, 0.5) is 0 Å². The Morgan fingerprint density at radius 1 is 1.11 bits per heavy atom. The molecule has 0 unspecified atom stereocenters. The largest absolute Gasteiger partial charge is 0.497 e. The number of aryl methyl sites for hydroxylation is 1. The van der Waals surface area contributed by atoms with Gasteiger partial charge in [0.2, 0.25) is 11.6 Å². The predicted molar refractivity (Wildman–Crippen MR) is 102 cm³/mol. The van der Waals surface area contributed by atoms with E-state index in [2.05, 4.69) is 10.6 Å². The molecular weight excluding hydrogens is 346 g/mol. The van der Waals surface area contributed by atoms with E-state index in [9.17, 15) is 4.79 Å². The number of methoxy groups -OCH3 is 2. The molecule has 142 valence electrons. The maximum atomic E-state index is 12.7. The van der Waals surface area contributed by atoms with E-state index in [1.807, 2.05) is 39.0 Å². The second kappa shape index (κ2) is 7.19. The highest BCUT2D eigenvalue weighted by atomic mass is 16.7. The smallest absolute Gasteiger partial charge is 0.269 e.